The highest BCUT2D eigenvalue weighted by Crippen LogP contribution is 2.32. The number of hydrogen-bond acceptors (Lipinski definition) is 5. The minimum atomic E-state index is -0.995. The number of likely N-dealkylation sites (N-methyl/N-ethyl adjacent to an activating group) is 2. The maximum absolute atomic E-state index is 14.3. The van der Waals surface area contributed by atoms with E-state index in [1.807, 2.05) is 78.0 Å². The molecule has 0 spiro atoms. The summed E-state index contributed by atoms with van der Waals surface area (Å²) < 4.78 is 5.64. The smallest absolute Gasteiger partial charge is 0.410 e. The van der Waals surface area contributed by atoms with Crippen molar-refractivity contribution in [1.82, 2.24) is 15.1 Å². The van der Waals surface area contributed by atoms with Gasteiger partial charge in [-0.25, -0.2) is 4.79 Å². The number of ether oxygens (including phenoxy) is 1. The van der Waals surface area contributed by atoms with Crippen molar-refractivity contribution in [2.45, 2.75) is 118 Å². The Morgan fingerprint density at radius 1 is 0.929 bits per heavy atom. The number of allylic oxidation sites excluding steroid dienone is 1. The Kier molecular flexibility index (Phi) is 13.0. The zero-order chi connectivity index (χ0) is 32.6. The van der Waals surface area contributed by atoms with Gasteiger partial charge in [-0.15, -0.1) is 0 Å². The Bertz CT molecular complexity index is 1100. The van der Waals surface area contributed by atoms with Crippen LogP contribution < -0.4 is 5.32 Å². The lowest BCUT2D eigenvalue weighted by Gasteiger charge is -2.42. The van der Waals surface area contributed by atoms with Crippen LogP contribution in [-0.4, -0.2) is 71.8 Å². The van der Waals surface area contributed by atoms with Crippen LogP contribution in [0, 0.1) is 11.3 Å². The summed E-state index contributed by atoms with van der Waals surface area (Å²) >= 11 is 0. The predicted molar refractivity (Wildman–Crippen MR) is 169 cm³/mol. The Labute approximate surface area is 254 Å². The van der Waals surface area contributed by atoms with Crippen LogP contribution in [0.3, 0.4) is 0 Å². The maximum Gasteiger partial charge on any atom is 0.410 e. The number of nitrogens with zero attached hydrogens (tertiary/aromatic N) is 2. The molecule has 0 aliphatic carbocycles. The van der Waals surface area contributed by atoms with E-state index >= 15 is 0 Å². The number of hydrogen-bond donors (Lipinski definition) is 1. The molecule has 0 unspecified atom stereocenters. The van der Waals surface area contributed by atoms with Crippen molar-refractivity contribution < 1.29 is 23.9 Å². The fourth-order valence-corrected chi connectivity index (χ4v) is 5.00. The second-order valence-electron chi connectivity index (χ2n) is 14.2. The molecule has 0 bridgehead atoms. The second-order valence-corrected chi connectivity index (χ2v) is 14.2. The summed E-state index contributed by atoms with van der Waals surface area (Å²) in [4.78, 5) is 56.2. The van der Waals surface area contributed by atoms with Gasteiger partial charge in [-0.05, 0) is 56.1 Å². The number of nitrogens with one attached hydrogen (secondary N) is 1. The third-order valence-corrected chi connectivity index (χ3v) is 7.44. The topological polar surface area (TPSA) is 96.0 Å². The van der Waals surface area contributed by atoms with Crippen molar-refractivity contribution in [3.8, 4) is 0 Å². The Morgan fingerprint density at radius 2 is 1.48 bits per heavy atom. The molecule has 8 nitrogen and oxygen atoms in total. The first-order valence-corrected chi connectivity index (χ1v) is 14.9. The Balaban J connectivity index is 3.59. The summed E-state index contributed by atoms with van der Waals surface area (Å²) in [5.74, 6) is -0.459. The number of aldehydes is 1. The zero-order valence-electron chi connectivity index (χ0n) is 28.2. The Morgan fingerprint density at radius 3 is 1.90 bits per heavy atom. The summed E-state index contributed by atoms with van der Waals surface area (Å²) in [6.45, 7) is 20.9. The van der Waals surface area contributed by atoms with Crippen LogP contribution in [0.4, 0.5) is 4.79 Å². The van der Waals surface area contributed by atoms with Gasteiger partial charge < -0.3 is 15.0 Å². The van der Waals surface area contributed by atoms with E-state index in [1.165, 1.54) is 4.90 Å². The third-order valence-electron chi connectivity index (χ3n) is 7.44. The quantitative estimate of drug-likeness (QED) is 0.235. The summed E-state index contributed by atoms with van der Waals surface area (Å²) in [7, 11) is 3.27. The van der Waals surface area contributed by atoms with Gasteiger partial charge >= 0.3 is 6.09 Å². The lowest BCUT2D eigenvalue weighted by Crippen LogP contribution is -2.63. The number of carbonyl (C=O) groups excluding carboxylic acids is 4. The van der Waals surface area contributed by atoms with Gasteiger partial charge in [0.2, 0.25) is 11.8 Å². The molecular weight excluding hydrogens is 530 g/mol. The predicted octanol–water partition coefficient (Wildman–Crippen LogP) is 6.14. The molecule has 1 rings (SSSR count). The highest BCUT2D eigenvalue weighted by atomic mass is 16.6. The van der Waals surface area contributed by atoms with Crippen LogP contribution in [0.2, 0.25) is 0 Å². The molecule has 3 amide bonds. The van der Waals surface area contributed by atoms with Gasteiger partial charge in [0, 0.05) is 19.5 Å². The van der Waals surface area contributed by atoms with E-state index in [1.54, 1.807) is 39.8 Å². The van der Waals surface area contributed by atoms with Gasteiger partial charge in [-0.2, -0.15) is 0 Å². The highest BCUT2D eigenvalue weighted by molar-refractivity contribution is 5.93. The molecule has 3 atom stereocenters. The first kappa shape index (κ1) is 36.9. The van der Waals surface area contributed by atoms with Crippen LogP contribution in [-0.2, 0) is 24.5 Å². The molecule has 0 fully saturated rings. The van der Waals surface area contributed by atoms with Gasteiger partial charge in [0.25, 0.3) is 0 Å². The average molecular weight is 586 g/mol. The van der Waals surface area contributed by atoms with Crippen molar-refractivity contribution in [2.75, 3.05) is 14.1 Å². The molecular formula is C34H55N3O5. The molecule has 1 N–H and O–H groups in total. The summed E-state index contributed by atoms with van der Waals surface area (Å²) in [5, 5.41) is 3.03. The van der Waals surface area contributed by atoms with Crippen molar-refractivity contribution in [1.29, 1.82) is 0 Å². The van der Waals surface area contributed by atoms with Gasteiger partial charge in [0.05, 0.1) is 6.04 Å². The molecule has 0 aromatic heterocycles. The van der Waals surface area contributed by atoms with Crippen molar-refractivity contribution in [2.24, 2.45) is 11.3 Å². The van der Waals surface area contributed by atoms with E-state index in [4.69, 9.17) is 4.74 Å². The van der Waals surface area contributed by atoms with E-state index in [0.29, 0.717) is 18.4 Å². The monoisotopic (exact) mass is 585 g/mol. The molecule has 1 aromatic carbocycles. The summed E-state index contributed by atoms with van der Waals surface area (Å²) in [6.07, 6.45) is 3.27. The molecule has 0 saturated carbocycles. The first-order valence-electron chi connectivity index (χ1n) is 14.9. The SMILES string of the molecule is CC/C(C=O)=C\[C@H](CC(C)C)N(C)C(=O)[C@@H](NC(=O)[C@@H](N(C)C(=O)OC(C)(C)C)C(C)(C)c1ccccc1)C(C)(C)C. The van der Waals surface area contributed by atoms with E-state index in [0.717, 1.165) is 11.8 Å². The number of amides is 3. The third kappa shape index (κ3) is 10.3. The molecule has 0 saturated heterocycles. The molecule has 1 aromatic rings. The minimum absolute atomic E-state index is 0.268. The first-order chi connectivity index (χ1) is 19.2. The molecule has 0 aliphatic rings. The van der Waals surface area contributed by atoms with Gasteiger partial charge in [0.15, 0.2) is 0 Å². The van der Waals surface area contributed by atoms with Crippen molar-refractivity contribution in [3.63, 3.8) is 0 Å². The lowest BCUT2D eigenvalue weighted by atomic mass is 9.76. The summed E-state index contributed by atoms with van der Waals surface area (Å²) in [5.41, 5.74) is -0.762. The number of carbonyl (C=O) groups is 4. The van der Waals surface area contributed by atoms with Crippen molar-refractivity contribution in [3.05, 3.63) is 47.5 Å². The second kappa shape index (κ2) is 14.8. The number of benzene rings is 1. The van der Waals surface area contributed by atoms with Gasteiger partial charge in [-0.1, -0.05) is 91.8 Å². The highest BCUT2D eigenvalue weighted by Gasteiger charge is 2.45. The minimum Gasteiger partial charge on any atom is -0.444 e. The van der Waals surface area contributed by atoms with Crippen LogP contribution in [0.1, 0.15) is 94.6 Å². The molecule has 0 heterocycles. The van der Waals surface area contributed by atoms with E-state index in [9.17, 15) is 19.2 Å². The zero-order valence-corrected chi connectivity index (χ0v) is 28.2. The van der Waals surface area contributed by atoms with Crippen LogP contribution in [0.25, 0.3) is 0 Å². The van der Waals surface area contributed by atoms with E-state index in [-0.39, 0.29) is 17.9 Å². The molecule has 8 heteroatoms. The Hall–Kier alpha value is -3.16. The fourth-order valence-electron chi connectivity index (χ4n) is 5.00. The molecule has 42 heavy (non-hydrogen) atoms. The largest absolute Gasteiger partial charge is 0.444 e. The van der Waals surface area contributed by atoms with E-state index < -0.39 is 40.5 Å². The maximum atomic E-state index is 14.3. The van der Waals surface area contributed by atoms with Crippen LogP contribution in [0.5, 0.6) is 0 Å². The molecule has 236 valence electrons. The van der Waals surface area contributed by atoms with E-state index in [2.05, 4.69) is 19.2 Å². The molecule has 0 aliphatic heterocycles. The number of rotatable bonds is 12. The van der Waals surface area contributed by atoms with Gasteiger partial charge in [0.1, 0.15) is 24.0 Å². The fraction of sp³-hybridized carbons (Fsp3) is 0.647. The average Bonchev–Trinajstić information content (AvgIpc) is 2.87. The standard InChI is InChI=1S/C34H55N3O5/c1-14-24(22-38)21-26(20-23(2)3)36(12)30(40)27(32(4,5)6)35-29(39)28(37(13)31(41)42-33(7,8)9)34(10,11)25-18-16-15-17-19-25/h15-19,21-23,26-28H,14,20H2,1-13H3,(H,35,39)/b24-21+/t26-,27+,28+/m0/s1. The normalized spacial score (nSPS) is 15.0. The lowest BCUT2D eigenvalue weighted by molar-refractivity contribution is -0.141. The summed E-state index contributed by atoms with van der Waals surface area (Å²) in [6, 6.07) is 7.30. The van der Waals surface area contributed by atoms with Crippen molar-refractivity contribution >= 4 is 24.2 Å². The van der Waals surface area contributed by atoms with Gasteiger partial charge in [-0.3, -0.25) is 19.3 Å². The molecule has 0 radical (unpaired) electrons. The van der Waals surface area contributed by atoms with Crippen LogP contribution >= 0.6 is 0 Å². The van der Waals surface area contributed by atoms with Crippen LogP contribution in [0.15, 0.2) is 42.0 Å².